The van der Waals surface area contributed by atoms with Crippen LogP contribution in [0.15, 0.2) is 30.5 Å². The maximum absolute atomic E-state index is 12.0. The maximum Gasteiger partial charge on any atom is 0.252 e. The Morgan fingerprint density at radius 3 is 2.85 bits per heavy atom. The molecule has 0 aliphatic heterocycles. The van der Waals surface area contributed by atoms with Gasteiger partial charge < -0.3 is 15.8 Å². The predicted molar refractivity (Wildman–Crippen MR) is 104 cm³/mol. The van der Waals surface area contributed by atoms with Gasteiger partial charge in [-0.25, -0.2) is 4.98 Å². The van der Waals surface area contributed by atoms with Crippen LogP contribution in [0.1, 0.15) is 41.7 Å². The molecule has 1 saturated carbocycles. The lowest BCUT2D eigenvalue weighted by Crippen LogP contribution is -2.14. The molecule has 1 aliphatic carbocycles. The summed E-state index contributed by atoms with van der Waals surface area (Å²) in [5.74, 6) is 0.286. The number of ether oxygens (including phenoxy) is 1. The molecule has 1 amide bonds. The van der Waals surface area contributed by atoms with Gasteiger partial charge in [-0.05, 0) is 44.7 Å². The van der Waals surface area contributed by atoms with Crippen LogP contribution in [0, 0.1) is 6.92 Å². The number of carbonyl (C=O) groups is 1. The Bertz CT molecular complexity index is 1010. The Balaban J connectivity index is 1.72. The van der Waals surface area contributed by atoms with Crippen LogP contribution >= 0.6 is 0 Å². The van der Waals surface area contributed by atoms with E-state index >= 15 is 0 Å². The van der Waals surface area contributed by atoms with Crippen molar-refractivity contribution in [3.63, 3.8) is 0 Å². The van der Waals surface area contributed by atoms with Crippen molar-refractivity contribution in [1.82, 2.24) is 14.8 Å². The number of rotatable bonds is 5. The van der Waals surface area contributed by atoms with E-state index in [0.717, 1.165) is 35.4 Å². The number of hydrogen-bond acceptors (Lipinski definition) is 5. The summed E-state index contributed by atoms with van der Waals surface area (Å²) in [5, 5.41) is 8.55. The van der Waals surface area contributed by atoms with Gasteiger partial charge in [-0.3, -0.25) is 9.48 Å². The second-order valence-electron chi connectivity index (χ2n) is 7.00. The van der Waals surface area contributed by atoms with Crippen LogP contribution in [0.25, 0.3) is 11.0 Å². The summed E-state index contributed by atoms with van der Waals surface area (Å²) in [4.78, 5) is 16.3. The molecule has 3 aromatic rings. The average molecular weight is 365 g/mol. The molecule has 1 aromatic carbocycles. The number of fused-ring (bicyclic) bond motifs is 1. The molecule has 3 N–H and O–H groups in total. The lowest BCUT2D eigenvalue weighted by Gasteiger charge is -2.15. The third-order valence-electron chi connectivity index (χ3n) is 5.00. The first-order chi connectivity index (χ1) is 13.0. The van der Waals surface area contributed by atoms with Crippen molar-refractivity contribution in [2.75, 3.05) is 5.32 Å². The number of carbonyl (C=O) groups excluding carboxylic acids is 1. The summed E-state index contributed by atoms with van der Waals surface area (Å²) in [6.07, 6.45) is 6.42. The van der Waals surface area contributed by atoms with E-state index in [1.165, 1.54) is 19.0 Å². The van der Waals surface area contributed by atoms with E-state index in [9.17, 15) is 4.79 Å². The SMILES string of the molecule is Cc1nn(C)c2ncc(C(N)=O)c(Nc3cccc(OC4CCCC4)c3)c12. The minimum absolute atomic E-state index is 0.287. The minimum Gasteiger partial charge on any atom is -0.490 e. The molecule has 0 atom stereocenters. The van der Waals surface area contributed by atoms with Gasteiger partial charge in [0.2, 0.25) is 0 Å². The summed E-state index contributed by atoms with van der Waals surface area (Å²) in [7, 11) is 1.83. The Hall–Kier alpha value is -3.09. The van der Waals surface area contributed by atoms with E-state index in [4.69, 9.17) is 10.5 Å². The minimum atomic E-state index is -0.534. The number of pyridine rings is 1. The van der Waals surface area contributed by atoms with Gasteiger partial charge in [0.15, 0.2) is 5.65 Å². The summed E-state index contributed by atoms with van der Waals surface area (Å²) in [6.45, 7) is 1.89. The lowest BCUT2D eigenvalue weighted by molar-refractivity contribution is 0.100. The number of nitrogens with zero attached hydrogens (tertiary/aromatic N) is 3. The summed E-state index contributed by atoms with van der Waals surface area (Å²) in [5.41, 5.74) is 8.84. The highest BCUT2D eigenvalue weighted by Gasteiger charge is 2.19. The molecule has 7 heteroatoms. The van der Waals surface area contributed by atoms with E-state index in [1.54, 1.807) is 4.68 Å². The Labute approximate surface area is 157 Å². The van der Waals surface area contributed by atoms with Crippen molar-refractivity contribution in [2.45, 2.75) is 38.7 Å². The van der Waals surface area contributed by atoms with Crippen molar-refractivity contribution in [1.29, 1.82) is 0 Å². The number of aromatic nitrogens is 3. The van der Waals surface area contributed by atoms with Gasteiger partial charge in [-0.1, -0.05) is 6.07 Å². The molecular weight excluding hydrogens is 342 g/mol. The molecule has 4 rings (SSSR count). The second kappa shape index (κ2) is 6.90. The fourth-order valence-corrected chi connectivity index (χ4v) is 3.72. The number of benzene rings is 1. The molecule has 27 heavy (non-hydrogen) atoms. The van der Waals surface area contributed by atoms with Crippen molar-refractivity contribution < 1.29 is 9.53 Å². The number of anilines is 2. The highest BCUT2D eigenvalue weighted by atomic mass is 16.5. The van der Waals surface area contributed by atoms with Gasteiger partial charge in [0.1, 0.15) is 5.75 Å². The van der Waals surface area contributed by atoms with Crippen LogP contribution in [0.4, 0.5) is 11.4 Å². The van der Waals surface area contributed by atoms with E-state index in [0.29, 0.717) is 16.9 Å². The smallest absolute Gasteiger partial charge is 0.252 e. The molecule has 2 aromatic heterocycles. The fourth-order valence-electron chi connectivity index (χ4n) is 3.72. The van der Waals surface area contributed by atoms with Gasteiger partial charge in [-0.2, -0.15) is 5.10 Å². The quantitative estimate of drug-likeness (QED) is 0.722. The summed E-state index contributed by atoms with van der Waals surface area (Å²) in [6, 6.07) is 7.77. The number of nitrogens with two attached hydrogens (primary N) is 1. The average Bonchev–Trinajstić information content (AvgIpc) is 3.23. The van der Waals surface area contributed by atoms with Gasteiger partial charge in [-0.15, -0.1) is 0 Å². The molecule has 140 valence electrons. The predicted octanol–water partition coefficient (Wildman–Crippen LogP) is 3.44. The molecule has 1 aliphatic rings. The molecular formula is C20H23N5O2. The molecule has 0 unspecified atom stereocenters. The monoisotopic (exact) mass is 365 g/mol. The third kappa shape index (κ3) is 3.32. The van der Waals surface area contributed by atoms with Crippen LogP contribution < -0.4 is 15.8 Å². The standard InChI is InChI=1S/C20H23N5O2/c1-12-17-18(16(19(21)26)11-22-20(17)25(2)24-12)23-13-6-5-9-15(10-13)27-14-7-3-4-8-14/h5-6,9-11,14H,3-4,7-8H2,1-2H3,(H2,21,26)(H,22,23). The van der Waals surface area contributed by atoms with Crippen molar-refractivity contribution in [3.8, 4) is 5.75 Å². The van der Waals surface area contributed by atoms with Crippen LogP contribution in [-0.4, -0.2) is 26.8 Å². The summed E-state index contributed by atoms with van der Waals surface area (Å²) >= 11 is 0. The first-order valence-corrected chi connectivity index (χ1v) is 9.19. The first-order valence-electron chi connectivity index (χ1n) is 9.19. The van der Waals surface area contributed by atoms with E-state index in [-0.39, 0.29) is 6.10 Å². The highest BCUT2D eigenvalue weighted by molar-refractivity contribution is 6.07. The summed E-state index contributed by atoms with van der Waals surface area (Å²) < 4.78 is 7.78. The fraction of sp³-hybridized carbons (Fsp3) is 0.350. The Kier molecular flexibility index (Phi) is 4.43. The van der Waals surface area contributed by atoms with Crippen molar-refractivity contribution in [3.05, 3.63) is 41.7 Å². The van der Waals surface area contributed by atoms with E-state index in [2.05, 4.69) is 15.4 Å². The zero-order valence-corrected chi connectivity index (χ0v) is 15.5. The first kappa shape index (κ1) is 17.3. The largest absolute Gasteiger partial charge is 0.490 e. The van der Waals surface area contributed by atoms with E-state index in [1.807, 2.05) is 38.2 Å². The number of aryl methyl sites for hydroxylation is 2. The second-order valence-corrected chi connectivity index (χ2v) is 7.00. The van der Waals surface area contributed by atoms with Crippen molar-refractivity contribution >= 4 is 28.3 Å². The Morgan fingerprint density at radius 1 is 1.33 bits per heavy atom. The van der Waals surface area contributed by atoms with Gasteiger partial charge in [0, 0.05) is 25.0 Å². The number of hydrogen-bond donors (Lipinski definition) is 2. The zero-order valence-electron chi connectivity index (χ0n) is 15.5. The van der Waals surface area contributed by atoms with Crippen LogP contribution in [-0.2, 0) is 7.05 Å². The van der Waals surface area contributed by atoms with Crippen molar-refractivity contribution in [2.24, 2.45) is 12.8 Å². The highest BCUT2D eigenvalue weighted by Crippen LogP contribution is 2.32. The molecule has 0 radical (unpaired) electrons. The van der Waals surface area contributed by atoms with Crippen LogP contribution in [0.3, 0.4) is 0 Å². The topological polar surface area (TPSA) is 95.1 Å². The van der Waals surface area contributed by atoms with Gasteiger partial charge in [0.05, 0.1) is 28.4 Å². The molecule has 2 heterocycles. The zero-order chi connectivity index (χ0) is 19.0. The number of amides is 1. The molecule has 1 fully saturated rings. The van der Waals surface area contributed by atoms with Gasteiger partial charge >= 0.3 is 0 Å². The molecule has 0 spiro atoms. The molecule has 0 saturated heterocycles. The number of primary amides is 1. The van der Waals surface area contributed by atoms with E-state index < -0.39 is 5.91 Å². The normalized spacial score (nSPS) is 14.6. The Morgan fingerprint density at radius 2 is 2.11 bits per heavy atom. The molecule has 0 bridgehead atoms. The van der Waals surface area contributed by atoms with Gasteiger partial charge in [0.25, 0.3) is 5.91 Å². The van der Waals surface area contributed by atoms with Crippen LogP contribution in [0.5, 0.6) is 5.75 Å². The third-order valence-corrected chi connectivity index (χ3v) is 5.00. The van der Waals surface area contributed by atoms with Crippen LogP contribution in [0.2, 0.25) is 0 Å². The molecule has 7 nitrogen and oxygen atoms in total. The number of nitrogens with one attached hydrogen (secondary N) is 1. The maximum atomic E-state index is 12.0. The lowest BCUT2D eigenvalue weighted by atomic mass is 10.1.